The smallest absolute Gasteiger partial charge is 0.343 e. The van der Waals surface area contributed by atoms with Crippen LogP contribution in [0.3, 0.4) is 0 Å². The van der Waals surface area contributed by atoms with E-state index in [9.17, 15) is 9.59 Å². The Morgan fingerprint density at radius 2 is 2.15 bits per heavy atom. The number of benzene rings is 1. The predicted molar refractivity (Wildman–Crippen MR) is 77.8 cm³/mol. The van der Waals surface area contributed by atoms with Crippen molar-refractivity contribution in [3.63, 3.8) is 0 Å². The molecule has 20 heavy (non-hydrogen) atoms. The van der Waals surface area contributed by atoms with Gasteiger partial charge < -0.3 is 5.32 Å². The van der Waals surface area contributed by atoms with Crippen LogP contribution in [0.2, 0.25) is 0 Å². The van der Waals surface area contributed by atoms with Crippen LogP contribution in [0.25, 0.3) is 0 Å². The first-order valence-electron chi connectivity index (χ1n) is 6.23. The maximum absolute atomic E-state index is 11.7. The molecule has 0 radical (unpaired) electrons. The minimum absolute atomic E-state index is 0.0972. The van der Waals surface area contributed by atoms with E-state index in [0.29, 0.717) is 11.7 Å². The minimum Gasteiger partial charge on any atom is -0.358 e. The average Bonchev–Trinajstić information content (AvgIpc) is 2.84. The lowest BCUT2D eigenvalue weighted by atomic mass is 10.1. The van der Waals surface area contributed by atoms with Crippen molar-refractivity contribution in [1.29, 1.82) is 0 Å². The van der Waals surface area contributed by atoms with Crippen molar-refractivity contribution in [3.05, 3.63) is 46.4 Å². The summed E-state index contributed by atoms with van der Waals surface area (Å²) in [6.45, 7) is 0.537. The van der Waals surface area contributed by atoms with Gasteiger partial charge in [-0.25, -0.2) is 9.89 Å². The van der Waals surface area contributed by atoms with Crippen LogP contribution in [0, 0.1) is 0 Å². The summed E-state index contributed by atoms with van der Waals surface area (Å²) in [5.74, 6) is 0.145. The fourth-order valence-corrected chi connectivity index (χ4v) is 2.54. The van der Waals surface area contributed by atoms with E-state index in [-0.39, 0.29) is 17.3 Å². The van der Waals surface area contributed by atoms with Crippen molar-refractivity contribution >= 4 is 17.7 Å². The van der Waals surface area contributed by atoms with E-state index in [4.69, 9.17) is 0 Å². The number of carbonyl (C=O) groups is 1. The molecule has 1 aromatic heterocycles. The first-order chi connectivity index (χ1) is 9.70. The summed E-state index contributed by atoms with van der Waals surface area (Å²) in [6.07, 6.45) is 0.744. The van der Waals surface area contributed by atoms with Gasteiger partial charge in [-0.3, -0.25) is 9.36 Å². The monoisotopic (exact) mass is 292 g/mol. The third-order valence-electron chi connectivity index (χ3n) is 2.80. The maximum atomic E-state index is 11.7. The Balaban J connectivity index is 2.02. The number of rotatable bonds is 6. The zero-order valence-corrected chi connectivity index (χ0v) is 11.9. The number of aryl methyl sites for hydroxylation is 1. The molecule has 2 N–H and O–H groups in total. The molecule has 0 aliphatic carbocycles. The standard InChI is InChI=1S/C13H16N4O2S/c1-14-11(18)9-20-13-16-15-12(19)17(13)8-7-10-5-3-2-4-6-10/h2-6H,7-9H2,1H3,(H,14,18)(H,15,19). The second-order valence-electron chi connectivity index (χ2n) is 4.16. The largest absolute Gasteiger partial charge is 0.358 e. The molecule has 0 unspecified atom stereocenters. The minimum atomic E-state index is -0.250. The highest BCUT2D eigenvalue weighted by Gasteiger charge is 2.10. The van der Waals surface area contributed by atoms with Crippen LogP contribution in [-0.2, 0) is 17.8 Å². The third kappa shape index (κ3) is 3.74. The summed E-state index contributed by atoms with van der Waals surface area (Å²) in [5, 5.41) is 9.43. The SMILES string of the molecule is CNC(=O)CSc1n[nH]c(=O)n1CCc1ccccc1. The highest BCUT2D eigenvalue weighted by Crippen LogP contribution is 2.13. The lowest BCUT2D eigenvalue weighted by molar-refractivity contribution is -0.118. The van der Waals surface area contributed by atoms with E-state index < -0.39 is 0 Å². The number of aromatic nitrogens is 3. The molecule has 0 atom stereocenters. The van der Waals surface area contributed by atoms with Gasteiger partial charge in [-0.15, -0.1) is 5.10 Å². The molecule has 0 spiro atoms. The highest BCUT2D eigenvalue weighted by molar-refractivity contribution is 7.99. The first kappa shape index (κ1) is 14.4. The van der Waals surface area contributed by atoms with Gasteiger partial charge in [0.2, 0.25) is 5.91 Å². The van der Waals surface area contributed by atoms with E-state index in [1.165, 1.54) is 11.8 Å². The summed E-state index contributed by atoms with van der Waals surface area (Å²) < 4.78 is 1.56. The molecule has 0 saturated carbocycles. The van der Waals surface area contributed by atoms with Gasteiger partial charge >= 0.3 is 5.69 Å². The quantitative estimate of drug-likeness (QED) is 0.766. The Bertz CT molecular complexity index is 621. The van der Waals surface area contributed by atoms with Gasteiger partial charge in [0, 0.05) is 13.6 Å². The average molecular weight is 292 g/mol. The molecule has 2 aromatic rings. The molecule has 106 valence electrons. The lowest BCUT2D eigenvalue weighted by Gasteiger charge is -2.05. The van der Waals surface area contributed by atoms with Crippen molar-refractivity contribution in [3.8, 4) is 0 Å². The number of hydrogen-bond acceptors (Lipinski definition) is 4. The number of aromatic amines is 1. The van der Waals surface area contributed by atoms with Crippen LogP contribution in [0.1, 0.15) is 5.56 Å². The van der Waals surface area contributed by atoms with Crippen LogP contribution in [0.5, 0.6) is 0 Å². The Labute approximate surface area is 120 Å². The predicted octanol–water partition coefficient (Wildman–Crippen LogP) is 0.652. The molecule has 6 nitrogen and oxygen atoms in total. The number of thioether (sulfide) groups is 1. The molecule has 0 aliphatic rings. The van der Waals surface area contributed by atoms with Crippen LogP contribution in [-0.4, -0.2) is 33.5 Å². The van der Waals surface area contributed by atoms with E-state index in [2.05, 4.69) is 15.5 Å². The van der Waals surface area contributed by atoms with Gasteiger partial charge in [-0.1, -0.05) is 42.1 Å². The molecular weight excluding hydrogens is 276 g/mol. The normalized spacial score (nSPS) is 10.4. The molecule has 7 heteroatoms. The molecule has 1 aromatic carbocycles. The fraction of sp³-hybridized carbons (Fsp3) is 0.308. The Morgan fingerprint density at radius 3 is 2.85 bits per heavy atom. The first-order valence-corrected chi connectivity index (χ1v) is 7.22. The fourth-order valence-electron chi connectivity index (χ4n) is 1.70. The summed E-state index contributed by atoms with van der Waals surface area (Å²) >= 11 is 1.24. The summed E-state index contributed by atoms with van der Waals surface area (Å²) in [5.41, 5.74) is 0.906. The molecule has 0 aliphatic heterocycles. The van der Waals surface area contributed by atoms with Gasteiger partial charge in [-0.2, -0.15) is 0 Å². The number of nitrogens with zero attached hydrogens (tertiary/aromatic N) is 2. The third-order valence-corrected chi connectivity index (χ3v) is 3.78. The van der Waals surface area contributed by atoms with Gasteiger partial charge in [0.15, 0.2) is 5.16 Å². The van der Waals surface area contributed by atoms with E-state index in [0.717, 1.165) is 12.0 Å². The molecule has 0 fully saturated rings. The van der Waals surface area contributed by atoms with Crippen molar-refractivity contribution in [2.24, 2.45) is 0 Å². The lowest BCUT2D eigenvalue weighted by Crippen LogP contribution is -2.21. The number of amides is 1. The van der Waals surface area contributed by atoms with E-state index in [1.54, 1.807) is 11.6 Å². The number of carbonyl (C=O) groups excluding carboxylic acids is 1. The number of nitrogens with one attached hydrogen (secondary N) is 2. The maximum Gasteiger partial charge on any atom is 0.343 e. The van der Waals surface area contributed by atoms with Crippen molar-refractivity contribution in [2.75, 3.05) is 12.8 Å². The molecule has 1 amide bonds. The molecule has 2 rings (SSSR count). The number of H-pyrrole nitrogens is 1. The summed E-state index contributed by atoms with van der Waals surface area (Å²) in [7, 11) is 1.58. The van der Waals surface area contributed by atoms with Crippen LogP contribution in [0.4, 0.5) is 0 Å². The van der Waals surface area contributed by atoms with Crippen molar-refractivity contribution < 1.29 is 4.79 Å². The zero-order valence-electron chi connectivity index (χ0n) is 11.1. The van der Waals surface area contributed by atoms with Crippen LogP contribution >= 0.6 is 11.8 Å². The topological polar surface area (TPSA) is 79.8 Å². The Hall–Kier alpha value is -2.02. The molecular formula is C13H16N4O2S. The van der Waals surface area contributed by atoms with Crippen molar-refractivity contribution in [2.45, 2.75) is 18.1 Å². The molecule has 0 saturated heterocycles. The Morgan fingerprint density at radius 1 is 1.40 bits per heavy atom. The zero-order chi connectivity index (χ0) is 14.4. The molecule has 1 heterocycles. The Kier molecular flexibility index (Phi) is 5.00. The van der Waals surface area contributed by atoms with Crippen molar-refractivity contribution in [1.82, 2.24) is 20.1 Å². The van der Waals surface area contributed by atoms with E-state index in [1.807, 2.05) is 30.3 Å². The van der Waals surface area contributed by atoms with Gasteiger partial charge in [0.05, 0.1) is 5.75 Å². The van der Waals surface area contributed by atoms with Gasteiger partial charge in [0.25, 0.3) is 0 Å². The summed E-state index contributed by atoms with van der Waals surface area (Å²) in [6, 6.07) is 9.92. The van der Waals surface area contributed by atoms with Gasteiger partial charge in [-0.05, 0) is 12.0 Å². The van der Waals surface area contributed by atoms with Crippen LogP contribution in [0.15, 0.2) is 40.3 Å². The number of hydrogen-bond donors (Lipinski definition) is 2. The van der Waals surface area contributed by atoms with Crippen LogP contribution < -0.4 is 11.0 Å². The van der Waals surface area contributed by atoms with E-state index >= 15 is 0 Å². The highest BCUT2D eigenvalue weighted by atomic mass is 32.2. The second kappa shape index (κ2) is 6.95. The molecule has 0 bridgehead atoms. The van der Waals surface area contributed by atoms with Gasteiger partial charge in [0.1, 0.15) is 0 Å². The second-order valence-corrected chi connectivity index (χ2v) is 5.10. The summed E-state index contributed by atoms with van der Waals surface area (Å²) in [4.78, 5) is 22.9.